The first-order chi connectivity index (χ1) is 9.36. The number of rotatable bonds is 3. The molecule has 1 heterocycles. The fourth-order valence-electron chi connectivity index (χ4n) is 1.80. The number of carbonyl (C=O) groups is 1. The summed E-state index contributed by atoms with van der Waals surface area (Å²) in [6, 6.07) is 5.95. The van der Waals surface area contributed by atoms with E-state index in [0.29, 0.717) is 18.7 Å². The standard InChI is InChI=1S/C11H14N4O3S2/c12-20(17,18)9-4-1-3-8(7-9)13-11(19)14-15-6-2-5-10(15)16/h1,3-4,7H,2,5-6H2,(H2,12,17,18)(H2,13,14,19). The van der Waals surface area contributed by atoms with Gasteiger partial charge in [-0.1, -0.05) is 6.07 Å². The van der Waals surface area contributed by atoms with Crippen LogP contribution in [0.1, 0.15) is 12.8 Å². The molecule has 1 saturated heterocycles. The minimum Gasteiger partial charge on any atom is -0.331 e. The summed E-state index contributed by atoms with van der Waals surface area (Å²) < 4.78 is 22.5. The van der Waals surface area contributed by atoms with Crippen LogP contribution in [0.5, 0.6) is 0 Å². The molecule has 108 valence electrons. The first-order valence-corrected chi connectivity index (χ1v) is 7.82. The van der Waals surface area contributed by atoms with Crippen molar-refractivity contribution >= 4 is 38.9 Å². The maximum Gasteiger partial charge on any atom is 0.241 e. The summed E-state index contributed by atoms with van der Waals surface area (Å²) in [5.74, 6) is -0.0209. The van der Waals surface area contributed by atoms with Gasteiger partial charge in [0.25, 0.3) is 0 Å². The molecule has 1 aromatic rings. The van der Waals surface area contributed by atoms with Gasteiger partial charge in [0.05, 0.1) is 4.90 Å². The molecular weight excluding hydrogens is 300 g/mol. The average Bonchev–Trinajstić information content (AvgIpc) is 2.74. The third kappa shape index (κ3) is 3.65. The van der Waals surface area contributed by atoms with Crippen molar-refractivity contribution in [2.45, 2.75) is 17.7 Å². The second kappa shape index (κ2) is 5.73. The van der Waals surface area contributed by atoms with Crippen LogP contribution < -0.4 is 15.9 Å². The van der Waals surface area contributed by atoms with Crippen LogP contribution in [0.3, 0.4) is 0 Å². The quantitative estimate of drug-likeness (QED) is 0.686. The van der Waals surface area contributed by atoms with E-state index in [1.54, 1.807) is 12.1 Å². The highest BCUT2D eigenvalue weighted by Crippen LogP contribution is 2.14. The number of amides is 1. The topological polar surface area (TPSA) is 105 Å². The van der Waals surface area contributed by atoms with Crippen LogP contribution in [0.25, 0.3) is 0 Å². The molecule has 0 unspecified atom stereocenters. The van der Waals surface area contributed by atoms with Crippen molar-refractivity contribution in [2.24, 2.45) is 5.14 Å². The van der Waals surface area contributed by atoms with Gasteiger partial charge in [0, 0.05) is 18.7 Å². The van der Waals surface area contributed by atoms with Crippen molar-refractivity contribution in [2.75, 3.05) is 11.9 Å². The zero-order valence-corrected chi connectivity index (χ0v) is 12.1. The summed E-state index contributed by atoms with van der Waals surface area (Å²) >= 11 is 5.07. The Morgan fingerprint density at radius 1 is 1.40 bits per heavy atom. The van der Waals surface area contributed by atoms with E-state index < -0.39 is 10.0 Å². The Kier molecular flexibility index (Phi) is 4.21. The summed E-state index contributed by atoms with van der Waals surface area (Å²) in [6.07, 6.45) is 1.28. The Morgan fingerprint density at radius 2 is 2.15 bits per heavy atom. The number of anilines is 1. The van der Waals surface area contributed by atoms with Gasteiger partial charge in [0.2, 0.25) is 15.9 Å². The van der Waals surface area contributed by atoms with Gasteiger partial charge in [-0.3, -0.25) is 15.2 Å². The van der Waals surface area contributed by atoms with E-state index in [-0.39, 0.29) is 15.9 Å². The number of sulfonamides is 1. The smallest absolute Gasteiger partial charge is 0.241 e. The number of primary sulfonamides is 1. The summed E-state index contributed by atoms with van der Waals surface area (Å²) in [4.78, 5) is 11.4. The molecule has 7 nitrogen and oxygen atoms in total. The van der Waals surface area contributed by atoms with Gasteiger partial charge in [-0.25, -0.2) is 13.6 Å². The molecule has 0 radical (unpaired) electrons. The van der Waals surface area contributed by atoms with E-state index in [0.717, 1.165) is 6.42 Å². The molecule has 0 atom stereocenters. The number of benzene rings is 1. The van der Waals surface area contributed by atoms with Gasteiger partial charge in [-0.2, -0.15) is 0 Å². The normalized spacial score (nSPS) is 15.2. The maximum atomic E-state index is 11.4. The van der Waals surface area contributed by atoms with Crippen LogP contribution in [0, 0.1) is 0 Å². The molecule has 0 aromatic heterocycles. The number of nitrogens with one attached hydrogen (secondary N) is 2. The van der Waals surface area contributed by atoms with E-state index in [4.69, 9.17) is 17.4 Å². The van der Waals surface area contributed by atoms with Crippen LogP contribution in [-0.2, 0) is 14.8 Å². The van der Waals surface area contributed by atoms with E-state index in [1.807, 2.05) is 0 Å². The zero-order chi connectivity index (χ0) is 14.8. The Labute approximate surface area is 122 Å². The molecule has 1 aliphatic rings. The molecule has 0 saturated carbocycles. The van der Waals surface area contributed by atoms with Gasteiger partial charge in [-0.15, -0.1) is 0 Å². The highest BCUT2D eigenvalue weighted by molar-refractivity contribution is 7.89. The highest BCUT2D eigenvalue weighted by atomic mass is 32.2. The number of hydrazine groups is 1. The third-order valence-electron chi connectivity index (χ3n) is 2.73. The summed E-state index contributed by atoms with van der Waals surface area (Å²) in [6.45, 7) is 0.595. The largest absolute Gasteiger partial charge is 0.331 e. The number of carbonyl (C=O) groups excluding carboxylic acids is 1. The summed E-state index contributed by atoms with van der Waals surface area (Å²) in [5, 5.41) is 9.50. The molecule has 9 heteroatoms. The highest BCUT2D eigenvalue weighted by Gasteiger charge is 2.20. The van der Waals surface area contributed by atoms with Crippen LogP contribution >= 0.6 is 12.2 Å². The van der Waals surface area contributed by atoms with Crippen molar-refractivity contribution in [3.05, 3.63) is 24.3 Å². The molecule has 1 fully saturated rings. The molecule has 0 spiro atoms. The lowest BCUT2D eigenvalue weighted by Crippen LogP contribution is -2.44. The summed E-state index contributed by atoms with van der Waals surface area (Å²) in [5.41, 5.74) is 3.23. The Bertz CT molecular complexity index is 645. The monoisotopic (exact) mass is 314 g/mol. The van der Waals surface area contributed by atoms with Crippen molar-refractivity contribution in [3.8, 4) is 0 Å². The summed E-state index contributed by atoms with van der Waals surface area (Å²) in [7, 11) is -3.76. The molecule has 1 aromatic carbocycles. The van der Waals surface area contributed by atoms with E-state index in [9.17, 15) is 13.2 Å². The lowest BCUT2D eigenvalue weighted by atomic mass is 10.3. The molecule has 0 aliphatic carbocycles. The van der Waals surface area contributed by atoms with Gasteiger partial charge >= 0.3 is 0 Å². The Morgan fingerprint density at radius 3 is 2.75 bits per heavy atom. The lowest BCUT2D eigenvalue weighted by molar-refractivity contribution is -0.129. The lowest BCUT2D eigenvalue weighted by Gasteiger charge is -2.19. The fraction of sp³-hybridized carbons (Fsp3) is 0.273. The molecule has 2 rings (SSSR count). The second-order valence-corrected chi connectivity index (χ2v) is 6.26. The number of hydrogen-bond acceptors (Lipinski definition) is 4. The van der Waals surface area contributed by atoms with Gasteiger partial charge in [0.15, 0.2) is 5.11 Å². The third-order valence-corrected chi connectivity index (χ3v) is 3.83. The molecule has 20 heavy (non-hydrogen) atoms. The van der Waals surface area contributed by atoms with Gasteiger partial charge in [0.1, 0.15) is 0 Å². The van der Waals surface area contributed by atoms with E-state index in [1.165, 1.54) is 17.1 Å². The molecular formula is C11H14N4O3S2. The van der Waals surface area contributed by atoms with Crippen LogP contribution in [0.15, 0.2) is 29.2 Å². The predicted molar refractivity (Wildman–Crippen MR) is 78.1 cm³/mol. The molecule has 0 bridgehead atoms. The number of nitrogens with two attached hydrogens (primary N) is 1. The van der Waals surface area contributed by atoms with Crippen LogP contribution in [0.4, 0.5) is 5.69 Å². The van der Waals surface area contributed by atoms with Crippen molar-refractivity contribution in [3.63, 3.8) is 0 Å². The van der Waals surface area contributed by atoms with Crippen molar-refractivity contribution < 1.29 is 13.2 Å². The Hall–Kier alpha value is -1.71. The molecule has 1 amide bonds. The molecule has 1 aliphatic heterocycles. The van der Waals surface area contributed by atoms with Crippen LogP contribution in [0.2, 0.25) is 0 Å². The maximum absolute atomic E-state index is 11.4. The van der Waals surface area contributed by atoms with E-state index >= 15 is 0 Å². The minimum atomic E-state index is -3.76. The zero-order valence-electron chi connectivity index (χ0n) is 10.5. The number of thiocarbonyl (C=S) groups is 1. The Balaban J connectivity index is 2.03. The minimum absolute atomic E-state index is 0.0115. The number of hydrogen-bond donors (Lipinski definition) is 3. The molecule has 4 N–H and O–H groups in total. The van der Waals surface area contributed by atoms with Crippen molar-refractivity contribution in [1.29, 1.82) is 0 Å². The SMILES string of the molecule is NS(=O)(=O)c1cccc(NC(=S)NN2CCCC2=O)c1. The predicted octanol–water partition coefficient (Wildman–Crippen LogP) is 0.158. The first-order valence-electron chi connectivity index (χ1n) is 5.87. The van der Waals surface area contributed by atoms with Crippen molar-refractivity contribution in [1.82, 2.24) is 10.4 Å². The fourth-order valence-corrected chi connectivity index (χ4v) is 2.59. The van der Waals surface area contributed by atoms with Gasteiger partial charge in [-0.05, 0) is 36.8 Å². The number of nitrogens with zero attached hydrogens (tertiary/aromatic N) is 1. The van der Waals surface area contributed by atoms with Gasteiger partial charge < -0.3 is 5.32 Å². The van der Waals surface area contributed by atoms with Crippen LogP contribution in [-0.4, -0.2) is 31.0 Å². The average molecular weight is 314 g/mol. The first kappa shape index (κ1) is 14.7. The second-order valence-electron chi connectivity index (χ2n) is 4.29. The van der Waals surface area contributed by atoms with E-state index in [2.05, 4.69) is 10.7 Å².